The molecule has 1 N–H and O–H groups in total. The third kappa shape index (κ3) is 5.30. The first-order valence-corrected chi connectivity index (χ1v) is 10.7. The first-order valence-electron chi connectivity index (χ1n) is 9.89. The van der Waals surface area contributed by atoms with Crippen LogP contribution in [-0.4, -0.2) is 25.5 Å². The largest absolute Gasteiger partial charge is 0.471 e. The topological polar surface area (TPSA) is 74.0 Å². The molecule has 2 heterocycles. The van der Waals surface area contributed by atoms with Gasteiger partial charge in [-0.25, -0.2) is 4.68 Å². The van der Waals surface area contributed by atoms with Gasteiger partial charge in [0.25, 0.3) is 5.91 Å². The zero-order valence-corrected chi connectivity index (χ0v) is 19.1. The van der Waals surface area contributed by atoms with Crippen LogP contribution in [-0.2, 0) is 13.3 Å². The lowest BCUT2D eigenvalue weighted by Crippen LogP contribution is -2.15. The lowest BCUT2D eigenvalue weighted by molar-refractivity contribution is 0.101. The van der Waals surface area contributed by atoms with Crippen LogP contribution in [0, 0.1) is 13.8 Å². The molecule has 0 bridgehead atoms. The van der Waals surface area contributed by atoms with Crippen LogP contribution in [0.5, 0.6) is 5.75 Å². The maximum absolute atomic E-state index is 12.5. The number of rotatable bonds is 7. The molecule has 2 aromatic heterocycles. The minimum atomic E-state index is -0.352. The fraction of sp³-hybridized carbons (Fsp3) is 0.174. The predicted octanol–water partition coefficient (Wildman–Crippen LogP) is 5.34. The molecule has 2 aromatic carbocycles. The summed E-state index contributed by atoms with van der Waals surface area (Å²) >= 11 is 12.2. The van der Waals surface area contributed by atoms with Crippen LogP contribution >= 0.6 is 23.2 Å². The van der Waals surface area contributed by atoms with Crippen LogP contribution in [0.3, 0.4) is 0 Å². The molecule has 4 rings (SSSR count). The number of hydrogen-bond donors (Lipinski definition) is 1. The molecule has 7 nitrogen and oxygen atoms in total. The third-order valence-corrected chi connectivity index (χ3v) is 5.59. The Bertz CT molecular complexity index is 1240. The number of carbonyl (C=O) groups is 1. The summed E-state index contributed by atoms with van der Waals surface area (Å²) in [6.07, 6.45) is 3.47. The molecule has 0 aliphatic rings. The summed E-state index contributed by atoms with van der Waals surface area (Å²) in [5.41, 5.74) is 3.17. The maximum Gasteiger partial charge on any atom is 0.277 e. The number of hydrogen-bond acceptors (Lipinski definition) is 4. The molecular weight excluding hydrogens is 449 g/mol. The van der Waals surface area contributed by atoms with Gasteiger partial charge < -0.3 is 10.1 Å². The highest BCUT2D eigenvalue weighted by molar-refractivity contribution is 6.32. The average Bonchev–Trinajstić information content (AvgIpc) is 3.40. The quantitative estimate of drug-likeness (QED) is 0.396. The molecule has 164 valence electrons. The molecule has 0 unspecified atom stereocenters. The van der Waals surface area contributed by atoms with Gasteiger partial charge in [-0.2, -0.15) is 10.2 Å². The van der Waals surface area contributed by atoms with Gasteiger partial charge in [-0.15, -0.1) is 0 Å². The van der Waals surface area contributed by atoms with E-state index in [-0.39, 0.29) is 18.3 Å². The number of benzene rings is 2. The van der Waals surface area contributed by atoms with Gasteiger partial charge in [-0.05, 0) is 60.9 Å². The number of nitrogens with one attached hydrogen (secondary N) is 1. The van der Waals surface area contributed by atoms with Crippen molar-refractivity contribution in [3.63, 3.8) is 0 Å². The molecular formula is C23H21Cl2N5O2. The van der Waals surface area contributed by atoms with Gasteiger partial charge in [0.05, 0.1) is 6.54 Å². The van der Waals surface area contributed by atoms with E-state index in [2.05, 4.69) is 15.5 Å². The lowest BCUT2D eigenvalue weighted by Gasteiger charge is -2.10. The number of halogens is 2. The summed E-state index contributed by atoms with van der Waals surface area (Å²) in [4.78, 5) is 12.5. The van der Waals surface area contributed by atoms with Gasteiger partial charge in [-0.3, -0.25) is 9.48 Å². The van der Waals surface area contributed by atoms with E-state index >= 15 is 0 Å². The van der Waals surface area contributed by atoms with Gasteiger partial charge in [0.15, 0.2) is 18.2 Å². The summed E-state index contributed by atoms with van der Waals surface area (Å²) in [7, 11) is 0. The minimum absolute atomic E-state index is 0.169. The molecule has 0 aliphatic carbocycles. The first-order chi connectivity index (χ1) is 15.4. The molecule has 0 atom stereocenters. The SMILES string of the molecule is Cc1cc(OCn2ccc(C(=O)Nc3ccn(Cc4cccc(Cl)c4)n3)n2)cc(C)c1Cl. The molecule has 4 aromatic rings. The van der Waals surface area contributed by atoms with Crippen molar-refractivity contribution in [1.82, 2.24) is 19.6 Å². The fourth-order valence-corrected chi connectivity index (χ4v) is 3.53. The second kappa shape index (κ2) is 9.46. The number of aromatic nitrogens is 4. The van der Waals surface area contributed by atoms with Crippen molar-refractivity contribution in [2.75, 3.05) is 5.32 Å². The molecule has 1 amide bonds. The predicted molar refractivity (Wildman–Crippen MR) is 125 cm³/mol. The van der Waals surface area contributed by atoms with Gasteiger partial charge in [0.1, 0.15) is 5.75 Å². The van der Waals surface area contributed by atoms with Crippen molar-refractivity contribution in [3.8, 4) is 5.75 Å². The van der Waals surface area contributed by atoms with Crippen LogP contribution in [0.25, 0.3) is 0 Å². The Hall–Kier alpha value is -3.29. The lowest BCUT2D eigenvalue weighted by atomic mass is 10.1. The van der Waals surface area contributed by atoms with E-state index in [4.69, 9.17) is 27.9 Å². The van der Waals surface area contributed by atoms with Crippen LogP contribution < -0.4 is 10.1 Å². The van der Waals surface area contributed by atoms with E-state index in [9.17, 15) is 4.79 Å². The van der Waals surface area contributed by atoms with Crippen LogP contribution in [0.2, 0.25) is 10.0 Å². The molecule has 0 fully saturated rings. The van der Waals surface area contributed by atoms with Gasteiger partial charge >= 0.3 is 0 Å². The summed E-state index contributed by atoms with van der Waals surface area (Å²) in [6.45, 7) is 4.57. The monoisotopic (exact) mass is 469 g/mol. The molecule has 0 aliphatic heterocycles. The van der Waals surface area contributed by atoms with E-state index in [0.717, 1.165) is 21.7 Å². The second-order valence-electron chi connectivity index (χ2n) is 7.37. The number of nitrogens with zero attached hydrogens (tertiary/aromatic N) is 4. The number of carbonyl (C=O) groups excluding carboxylic acids is 1. The third-order valence-electron chi connectivity index (χ3n) is 4.76. The smallest absolute Gasteiger partial charge is 0.277 e. The van der Waals surface area contributed by atoms with Crippen molar-refractivity contribution >= 4 is 34.9 Å². The Morgan fingerprint density at radius 3 is 2.50 bits per heavy atom. The zero-order chi connectivity index (χ0) is 22.7. The van der Waals surface area contributed by atoms with Crippen molar-refractivity contribution in [2.24, 2.45) is 0 Å². The average molecular weight is 470 g/mol. The van der Waals surface area contributed by atoms with Crippen molar-refractivity contribution in [3.05, 3.63) is 93.4 Å². The van der Waals surface area contributed by atoms with E-state index in [0.29, 0.717) is 23.1 Å². The van der Waals surface area contributed by atoms with E-state index < -0.39 is 0 Å². The Kier molecular flexibility index (Phi) is 6.48. The fourth-order valence-electron chi connectivity index (χ4n) is 3.20. The molecule has 32 heavy (non-hydrogen) atoms. The van der Waals surface area contributed by atoms with Gasteiger partial charge in [0.2, 0.25) is 0 Å². The van der Waals surface area contributed by atoms with Gasteiger partial charge in [0, 0.05) is 28.5 Å². The molecule has 0 saturated carbocycles. The first kappa shape index (κ1) is 21.9. The number of ether oxygens (including phenoxy) is 1. The van der Waals surface area contributed by atoms with Crippen molar-refractivity contribution in [1.29, 1.82) is 0 Å². The van der Waals surface area contributed by atoms with Gasteiger partial charge in [-0.1, -0.05) is 35.3 Å². The van der Waals surface area contributed by atoms with Crippen LogP contribution in [0.1, 0.15) is 27.2 Å². The summed E-state index contributed by atoms with van der Waals surface area (Å²) in [5, 5.41) is 12.8. The highest BCUT2D eigenvalue weighted by Crippen LogP contribution is 2.26. The Balaban J connectivity index is 1.34. The van der Waals surface area contributed by atoms with Crippen molar-refractivity contribution < 1.29 is 9.53 Å². The Labute approximate surface area is 195 Å². The Morgan fingerprint density at radius 2 is 1.75 bits per heavy atom. The second-order valence-corrected chi connectivity index (χ2v) is 8.18. The highest BCUT2D eigenvalue weighted by Gasteiger charge is 2.12. The number of amides is 1. The Morgan fingerprint density at radius 1 is 1.00 bits per heavy atom. The van der Waals surface area contributed by atoms with Crippen LogP contribution in [0.15, 0.2) is 60.9 Å². The molecule has 0 radical (unpaired) electrons. The van der Waals surface area contributed by atoms with E-state index in [1.54, 1.807) is 33.9 Å². The highest BCUT2D eigenvalue weighted by atomic mass is 35.5. The zero-order valence-electron chi connectivity index (χ0n) is 17.5. The molecule has 0 spiro atoms. The van der Waals surface area contributed by atoms with E-state index in [1.165, 1.54) is 0 Å². The van der Waals surface area contributed by atoms with Crippen LogP contribution in [0.4, 0.5) is 5.82 Å². The number of anilines is 1. The minimum Gasteiger partial charge on any atom is -0.471 e. The summed E-state index contributed by atoms with van der Waals surface area (Å²) in [5.74, 6) is 0.779. The summed E-state index contributed by atoms with van der Waals surface area (Å²) < 4.78 is 9.05. The van der Waals surface area contributed by atoms with Crippen molar-refractivity contribution in [2.45, 2.75) is 27.1 Å². The molecule has 0 saturated heterocycles. The standard InChI is InChI=1S/C23H21Cl2N5O2/c1-15-10-19(11-16(2)22(15)25)32-14-30-8-6-20(27-30)23(31)26-21-7-9-29(28-21)13-17-4-3-5-18(24)12-17/h3-12H,13-14H2,1-2H3,(H,26,28,31). The normalized spacial score (nSPS) is 10.9. The summed E-state index contributed by atoms with van der Waals surface area (Å²) in [6, 6.07) is 14.6. The maximum atomic E-state index is 12.5. The van der Waals surface area contributed by atoms with E-state index in [1.807, 2.05) is 50.2 Å². The molecule has 9 heteroatoms. The number of aryl methyl sites for hydroxylation is 2.